The van der Waals surface area contributed by atoms with E-state index in [-0.39, 0.29) is 12.3 Å². The number of carbonyl (C=O) groups excluding carboxylic acids is 2. The van der Waals surface area contributed by atoms with Crippen LogP contribution in [0.25, 0.3) is 0 Å². The van der Waals surface area contributed by atoms with Crippen LogP contribution in [-0.2, 0) is 14.3 Å². The number of hydrogen-bond donors (Lipinski definition) is 3. The number of ether oxygens (including phenoxy) is 1. The smallest absolute Gasteiger partial charge is 0.355 e. The van der Waals surface area contributed by atoms with Crippen molar-refractivity contribution in [3.8, 4) is 0 Å². The first-order chi connectivity index (χ1) is 11.4. The molecule has 0 spiro atoms. The molecule has 134 valence electrons. The minimum atomic E-state index is -0.639. The van der Waals surface area contributed by atoms with Crippen molar-refractivity contribution in [1.29, 1.82) is 0 Å². The third kappa shape index (κ3) is 7.64. The van der Waals surface area contributed by atoms with Crippen molar-refractivity contribution in [1.82, 2.24) is 10.3 Å². The number of nitrogens with one attached hydrogen (secondary N) is 1. The summed E-state index contributed by atoms with van der Waals surface area (Å²) < 4.78 is 4.83. The van der Waals surface area contributed by atoms with Gasteiger partial charge in [-0.25, -0.2) is 10.6 Å². The topological polar surface area (TPSA) is 111 Å². The van der Waals surface area contributed by atoms with Gasteiger partial charge < -0.3 is 15.8 Å². The molecule has 0 heterocycles. The molecule has 0 fully saturated rings. The van der Waals surface area contributed by atoms with Gasteiger partial charge in [0.1, 0.15) is 5.70 Å². The van der Waals surface area contributed by atoms with Crippen LogP contribution in [0.15, 0.2) is 47.1 Å². The molecule has 0 radical (unpaired) electrons. The van der Waals surface area contributed by atoms with Crippen LogP contribution >= 0.6 is 0 Å². The number of carbonyl (C=O) groups is 2. The first kappa shape index (κ1) is 21.5. The highest BCUT2D eigenvalue weighted by atomic mass is 16.5. The number of esters is 1. The Labute approximate surface area is 143 Å². The molecule has 0 aliphatic heterocycles. The monoisotopic (exact) mass is 336 g/mol. The first-order valence-corrected chi connectivity index (χ1v) is 7.84. The molecule has 0 aromatic carbocycles. The number of hydrogen-bond acceptors (Lipinski definition) is 6. The number of amides is 1. The second-order valence-corrected chi connectivity index (χ2v) is 4.92. The quantitative estimate of drug-likeness (QED) is 0.140. The van der Waals surface area contributed by atoms with E-state index in [2.05, 4.69) is 12.2 Å². The molecule has 7 heteroatoms. The van der Waals surface area contributed by atoms with Crippen molar-refractivity contribution in [3.63, 3.8) is 0 Å². The Hall–Kier alpha value is -2.54. The zero-order chi connectivity index (χ0) is 18.5. The van der Waals surface area contributed by atoms with E-state index in [1.54, 1.807) is 26.0 Å². The van der Waals surface area contributed by atoms with Crippen molar-refractivity contribution >= 4 is 12.4 Å². The summed E-state index contributed by atoms with van der Waals surface area (Å²) in [7, 11) is 0. The first-order valence-electron chi connectivity index (χ1n) is 7.84. The van der Waals surface area contributed by atoms with Crippen molar-refractivity contribution in [3.05, 3.63) is 47.1 Å². The lowest BCUT2D eigenvalue weighted by atomic mass is 10.1. The summed E-state index contributed by atoms with van der Waals surface area (Å²) in [6.07, 6.45) is 9.19. The fourth-order valence-electron chi connectivity index (χ4n) is 1.77. The van der Waals surface area contributed by atoms with Gasteiger partial charge in [-0.1, -0.05) is 25.5 Å². The molecular weight excluding hydrogens is 308 g/mol. The van der Waals surface area contributed by atoms with E-state index in [4.69, 9.17) is 16.3 Å². The molecule has 0 atom stereocenters. The standard InChI is InChI=1S/C17H28N4O3/c1-5-8-9-13(4)16(10-14(6-2)20-12-22)21(19)11-15(18)17(23)24-7-3/h6,9-12H,5,7-8,18-19H2,1-4H3,(H,20,22)/b13-9+,14-6+,15-11-,16-10+. The second-order valence-electron chi connectivity index (χ2n) is 4.92. The predicted octanol–water partition coefficient (Wildman–Crippen LogP) is 1.81. The van der Waals surface area contributed by atoms with E-state index in [1.807, 2.05) is 13.0 Å². The van der Waals surface area contributed by atoms with Crippen LogP contribution in [-0.4, -0.2) is 24.0 Å². The molecule has 0 aromatic heterocycles. The summed E-state index contributed by atoms with van der Waals surface area (Å²) in [5.74, 6) is 5.40. The molecule has 0 rings (SSSR count). The summed E-state index contributed by atoms with van der Waals surface area (Å²) in [5.41, 5.74) is 7.64. The lowest BCUT2D eigenvalue weighted by molar-refractivity contribution is -0.138. The normalized spacial score (nSPS) is 13.5. The Morgan fingerprint density at radius 3 is 2.50 bits per heavy atom. The van der Waals surface area contributed by atoms with Crippen LogP contribution in [0.5, 0.6) is 0 Å². The largest absolute Gasteiger partial charge is 0.461 e. The third-order valence-electron chi connectivity index (χ3n) is 3.04. The van der Waals surface area contributed by atoms with Gasteiger partial charge in [-0.05, 0) is 38.8 Å². The molecule has 7 nitrogen and oxygen atoms in total. The SMILES string of the molecule is C\C=C(/C=C(\C(C)=C\CCC)N(N)/C=C(\N)C(=O)OCC)NC=O. The van der Waals surface area contributed by atoms with E-state index in [1.165, 1.54) is 11.2 Å². The summed E-state index contributed by atoms with van der Waals surface area (Å²) in [6, 6.07) is 0. The van der Waals surface area contributed by atoms with Crippen LogP contribution in [0.3, 0.4) is 0 Å². The Bertz CT molecular complexity index is 548. The van der Waals surface area contributed by atoms with Crippen LogP contribution < -0.4 is 16.9 Å². The number of hydrazine groups is 1. The minimum Gasteiger partial charge on any atom is -0.461 e. The lowest BCUT2D eigenvalue weighted by Crippen LogP contribution is -2.29. The van der Waals surface area contributed by atoms with E-state index in [0.717, 1.165) is 18.4 Å². The van der Waals surface area contributed by atoms with Crippen LogP contribution in [0.1, 0.15) is 40.5 Å². The summed E-state index contributed by atoms with van der Waals surface area (Å²) in [5, 5.41) is 3.82. The molecular formula is C17H28N4O3. The number of allylic oxidation sites excluding steroid dienone is 4. The van der Waals surface area contributed by atoms with E-state index < -0.39 is 5.97 Å². The van der Waals surface area contributed by atoms with Gasteiger partial charge >= 0.3 is 5.97 Å². The average molecular weight is 336 g/mol. The van der Waals surface area contributed by atoms with Gasteiger partial charge in [0.05, 0.1) is 18.5 Å². The number of unbranched alkanes of at least 4 members (excludes halogenated alkanes) is 1. The Morgan fingerprint density at radius 2 is 2.00 bits per heavy atom. The maximum atomic E-state index is 11.6. The average Bonchev–Trinajstić information content (AvgIpc) is 2.56. The maximum absolute atomic E-state index is 11.6. The van der Waals surface area contributed by atoms with E-state index in [9.17, 15) is 9.59 Å². The predicted molar refractivity (Wildman–Crippen MR) is 94.6 cm³/mol. The Balaban J connectivity index is 5.68. The molecule has 0 aliphatic rings. The van der Waals surface area contributed by atoms with Crippen molar-refractivity contribution < 1.29 is 14.3 Å². The number of nitrogens with zero attached hydrogens (tertiary/aromatic N) is 1. The molecule has 0 saturated heterocycles. The molecule has 0 saturated carbocycles. The van der Waals surface area contributed by atoms with Gasteiger partial charge in [-0.3, -0.25) is 9.80 Å². The number of rotatable bonds is 10. The highest BCUT2D eigenvalue weighted by Gasteiger charge is 2.11. The molecule has 0 unspecified atom stereocenters. The second kappa shape index (κ2) is 12.0. The Morgan fingerprint density at radius 1 is 1.33 bits per heavy atom. The summed E-state index contributed by atoms with van der Waals surface area (Å²) in [6.45, 7) is 7.66. The molecule has 1 amide bonds. The zero-order valence-corrected chi connectivity index (χ0v) is 14.8. The Kier molecular flexibility index (Phi) is 10.7. The fraction of sp³-hybridized carbons (Fsp3) is 0.412. The van der Waals surface area contributed by atoms with Crippen LogP contribution in [0, 0.1) is 0 Å². The van der Waals surface area contributed by atoms with Gasteiger partial charge in [-0.2, -0.15) is 0 Å². The van der Waals surface area contributed by atoms with Gasteiger partial charge in [0.15, 0.2) is 0 Å². The van der Waals surface area contributed by atoms with Gasteiger partial charge in [0, 0.05) is 5.70 Å². The van der Waals surface area contributed by atoms with E-state index >= 15 is 0 Å². The van der Waals surface area contributed by atoms with Crippen molar-refractivity contribution in [2.45, 2.75) is 40.5 Å². The third-order valence-corrected chi connectivity index (χ3v) is 3.04. The molecule has 5 N–H and O–H groups in total. The highest BCUT2D eigenvalue weighted by Crippen LogP contribution is 2.16. The lowest BCUT2D eigenvalue weighted by Gasteiger charge is -2.20. The summed E-state index contributed by atoms with van der Waals surface area (Å²) >= 11 is 0. The van der Waals surface area contributed by atoms with Gasteiger partial charge in [0.25, 0.3) is 0 Å². The van der Waals surface area contributed by atoms with Gasteiger partial charge in [0.2, 0.25) is 6.41 Å². The maximum Gasteiger partial charge on any atom is 0.355 e. The zero-order valence-electron chi connectivity index (χ0n) is 14.8. The molecule has 0 aromatic rings. The van der Waals surface area contributed by atoms with Crippen LogP contribution in [0.2, 0.25) is 0 Å². The number of nitrogens with two attached hydrogens (primary N) is 2. The molecule has 24 heavy (non-hydrogen) atoms. The van der Waals surface area contributed by atoms with Gasteiger partial charge in [-0.15, -0.1) is 0 Å². The highest BCUT2D eigenvalue weighted by molar-refractivity contribution is 5.87. The van der Waals surface area contributed by atoms with Crippen LogP contribution in [0.4, 0.5) is 0 Å². The van der Waals surface area contributed by atoms with Crippen molar-refractivity contribution in [2.24, 2.45) is 11.6 Å². The van der Waals surface area contributed by atoms with E-state index in [0.29, 0.717) is 17.8 Å². The molecule has 0 bridgehead atoms. The minimum absolute atomic E-state index is 0.112. The fourth-order valence-corrected chi connectivity index (χ4v) is 1.77. The summed E-state index contributed by atoms with van der Waals surface area (Å²) in [4.78, 5) is 22.3. The van der Waals surface area contributed by atoms with Crippen molar-refractivity contribution in [2.75, 3.05) is 6.61 Å². The molecule has 0 aliphatic carbocycles.